The molecule has 70 valence electrons. The van der Waals surface area contributed by atoms with E-state index >= 15 is 0 Å². The molecule has 0 spiro atoms. The van der Waals surface area contributed by atoms with Gasteiger partial charge in [-0.1, -0.05) is 40.5 Å². The molecule has 11 heavy (non-hydrogen) atoms. The van der Waals surface area contributed by atoms with Crippen LogP contribution >= 0.6 is 0 Å². The lowest BCUT2D eigenvalue weighted by molar-refractivity contribution is 0.633. The van der Waals surface area contributed by atoms with Gasteiger partial charge in [0.15, 0.2) is 0 Å². The fraction of sp³-hybridized carbons (Fsp3) is 1.00. The van der Waals surface area contributed by atoms with Gasteiger partial charge >= 0.3 is 0 Å². The summed E-state index contributed by atoms with van der Waals surface area (Å²) in [5.74, 6) is 0. The highest BCUT2D eigenvalue weighted by Gasteiger charge is 1.80. The molecule has 1 heteroatoms. The van der Waals surface area contributed by atoms with Crippen molar-refractivity contribution < 1.29 is 0 Å². The first-order chi connectivity index (χ1) is 5.33. The van der Waals surface area contributed by atoms with Gasteiger partial charge in [-0.3, -0.25) is 0 Å². The van der Waals surface area contributed by atoms with Crippen molar-refractivity contribution in [2.24, 2.45) is 0 Å². The maximum atomic E-state index is 3.34. The Morgan fingerprint density at radius 2 is 1.36 bits per heavy atom. The first kappa shape index (κ1) is 13.5. The van der Waals surface area contributed by atoms with E-state index in [0.29, 0.717) is 0 Å². The van der Waals surface area contributed by atoms with Gasteiger partial charge in [0.05, 0.1) is 0 Å². The van der Waals surface area contributed by atoms with Gasteiger partial charge in [-0.25, -0.2) is 0 Å². The van der Waals surface area contributed by atoms with Crippen molar-refractivity contribution in [3.63, 3.8) is 0 Å². The molecule has 0 bridgehead atoms. The van der Waals surface area contributed by atoms with Gasteiger partial charge in [-0.15, -0.1) is 0 Å². The second-order valence-electron chi connectivity index (χ2n) is 2.81. The average molecular weight is 159 g/mol. The molecule has 0 aromatic carbocycles. The summed E-state index contributed by atoms with van der Waals surface area (Å²) in [6, 6.07) is 0. The summed E-state index contributed by atoms with van der Waals surface area (Å²) in [6.45, 7) is 11.0. The molecule has 0 unspecified atom stereocenters. The number of unbranched alkanes of at least 4 members (excludes halogenated alkanes) is 1. The van der Waals surface area contributed by atoms with Crippen LogP contribution < -0.4 is 5.32 Å². The van der Waals surface area contributed by atoms with E-state index in [0.717, 1.165) is 0 Å². The average Bonchev–Trinajstić information content (AvgIpc) is 2.00. The monoisotopic (exact) mass is 159 g/mol. The van der Waals surface area contributed by atoms with Gasteiger partial charge in [0.2, 0.25) is 0 Å². The molecule has 0 rings (SSSR count). The van der Waals surface area contributed by atoms with Crippen LogP contribution in [0.3, 0.4) is 0 Å². The van der Waals surface area contributed by atoms with E-state index in [2.05, 4.69) is 33.0 Å². The van der Waals surface area contributed by atoms with Crippen LogP contribution in [0.25, 0.3) is 0 Å². The fourth-order valence-electron chi connectivity index (χ4n) is 0.604. The summed E-state index contributed by atoms with van der Waals surface area (Å²) in [5, 5.41) is 3.34. The van der Waals surface area contributed by atoms with E-state index in [9.17, 15) is 0 Å². The van der Waals surface area contributed by atoms with Crippen molar-refractivity contribution in [2.45, 2.75) is 53.4 Å². The molecule has 1 N–H and O–H groups in total. The molecule has 0 saturated heterocycles. The summed E-state index contributed by atoms with van der Waals surface area (Å²) in [6.07, 6.45) is 5.13. The Hall–Kier alpha value is -0.0400. The maximum Gasteiger partial charge on any atom is -0.00490 e. The van der Waals surface area contributed by atoms with E-state index in [1.807, 2.05) is 0 Å². The molecule has 0 saturated carbocycles. The minimum Gasteiger partial charge on any atom is -0.317 e. The molecular weight excluding hydrogens is 134 g/mol. The quantitative estimate of drug-likeness (QED) is 0.607. The van der Waals surface area contributed by atoms with Crippen LogP contribution in [0.1, 0.15) is 53.4 Å². The molecular formula is C10H25N. The first-order valence-electron chi connectivity index (χ1n) is 5.04. The maximum absolute atomic E-state index is 3.34. The van der Waals surface area contributed by atoms with Gasteiger partial charge in [-0.2, -0.15) is 0 Å². The number of hydrogen-bond donors (Lipinski definition) is 1. The van der Waals surface area contributed by atoms with Crippen LogP contribution in [0.5, 0.6) is 0 Å². The Morgan fingerprint density at radius 3 is 1.73 bits per heavy atom. The first-order valence-corrected chi connectivity index (χ1v) is 5.04. The smallest absolute Gasteiger partial charge is 0.00490 e. The second-order valence-corrected chi connectivity index (χ2v) is 2.81. The minimum atomic E-state index is 1.18. The van der Waals surface area contributed by atoms with Gasteiger partial charge in [0, 0.05) is 0 Å². The molecule has 0 aliphatic rings. The predicted octanol–water partition coefficient (Wildman–Crippen LogP) is 3.20. The highest BCUT2D eigenvalue weighted by Crippen LogP contribution is 1.81. The largest absolute Gasteiger partial charge is 0.317 e. The molecule has 0 radical (unpaired) electrons. The van der Waals surface area contributed by atoms with Gasteiger partial charge < -0.3 is 5.32 Å². The fourth-order valence-corrected chi connectivity index (χ4v) is 0.604. The van der Waals surface area contributed by atoms with Crippen molar-refractivity contribution in [1.82, 2.24) is 5.32 Å². The van der Waals surface area contributed by atoms with Gasteiger partial charge in [0.1, 0.15) is 0 Å². The van der Waals surface area contributed by atoms with Gasteiger partial charge in [0.25, 0.3) is 0 Å². The summed E-state index contributed by atoms with van der Waals surface area (Å²) >= 11 is 0. The van der Waals surface area contributed by atoms with Crippen LogP contribution in [0, 0.1) is 0 Å². The third-order valence-corrected chi connectivity index (χ3v) is 1.13. The van der Waals surface area contributed by atoms with E-state index in [-0.39, 0.29) is 0 Å². The minimum absolute atomic E-state index is 1.18. The topological polar surface area (TPSA) is 12.0 Å². The highest BCUT2D eigenvalue weighted by atomic mass is 14.8. The molecule has 0 atom stereocenters. The van der Waals surface area contributed by atoms with Crippen molar-refractivity contribution in [1.29, 1.82) is 0 Å². The standard InChI is InChI=1S/C7H17N.C3H8/c1-3-5-7-8-6-4-2;1-3-2/h8H,3-7H2,1-2H3;3H2,1-2H3. The van der Waals surface area contributed by atoms with Crippen LogP contribution in [0.15, 0.2) is 0 Å². The Labute approximate surface area is 72.6 Å². The normalized spacial score (nSPS) is 8.73. The third kappa shape index (κ3) is 25.7. The predicted molar refractivity (Wildman–Crippen MR) is 54.0 cm³/mol. The number of hydrogen-bond acceptors (Lipinski definition) is 1. The van der Waals surface area contributed by atoms with Crippen molar-refractivity contribution >= 4 is 0 Å². The lowest BCUT2D eigenvalue weighted by Gasteiger charge is -1.98. The number of rotatable bonds is 5. The van der Waals surface area contributed by atoms with E-state index in [1.165, 1.54) is 38.8 Å². The summed E-state index contributed by atoms with van der Waals surface area (Å²) in [7, 11) is 0. The van der Waals surface area contributed by atoms with Crippen molar-refractivity contribution in [2.75, 3.05) is 13.1 Å². The lowest BCUT2D eigenvalue weighted by Crippen LogP contribution is -2.15. The number of nitrogens with one attached hydrogen (secondary N) is 1. The van der Waals surface area contributed by atoms with Gasteiger partial charge in [-0.05, 0) is 25.9 Å². The van der Waals surface area contributed by atoms with E-state index < -0.39 is 0 Å². The van der Waals surface area contributed by atoms with Crippen LogP contribution in [0.2, 0.25) is 0 Å². The van der Waals surface area contributed by atoms with E-state index in [4.69, 9.17) is 0 Å². The molecule has 0 aromatic heterocycles. The molecule has 0 aromatic rings. The third-order valence-electron chi connectivity index (χ3n) is 1.13. The van der Waals surface area contributed by atoms with E-state index in [1.54, 1.807) is 0 Å². The molecule has 0 amide bonds. The van der Waals surface area contributed by atoms with Crippen molar-refractivity contribution in [3.05, 3.63) is 0 Å². The molecule has 0 aliphatic carbocycles. The second kappa shape index (κ2) is 16.5. The summed E-state index contributed by atoms with van der Waals surface area (Å²) < 4.78 is 0. The van der Waals surface area contributed by atoms with Crippen LogP contribution in [-0.4, -0.2) is 13.1 Å². The Kier molecular flexibility index (Phi) is 20.3. The van der Waals surface area contributed by atoms with Crippen LogP contribution in [-0.2, 0) is 0 Å². The molecule has 0 aliphatic heterocycles. The Morgan fingerprint density at radius 1 is 0.818 bits per heavy atom. The zero-order chi connectivity index (χ0) is 8.95. The molecule has 0 heterocycles. The Bertz CT molecular complexity index is 38.1. The zero-order valence-electron chi connectivity index (χ0n) is 8.74. The van der Waals surface area contributed by atoms with Crippen LogP contribution in [0.4, 0.5) is 0 Å². The molecule has 1 nitrogen and oxygen atoms in total. The SMILES string of the molecule is CCC.CCCCNCCC. The lowest BCUT2D eigenvalue weighted by atomic mass is 10.3. The molecule has 0 fully saturated rings. The highest BCUT2D eigenvalue weighted by molar-refractivity contribution is 4.43. The van der Waals surface area contributed by atoms with Crippen molar-refractivity contribution in [3.8, 4) is 0 Å². The summed E-state index contributed by atoms with van der Waals surface area (Å²) in [4.78, 5) is 0. The Balaban J connectivity index is 0. The summed E-state index contributed by atoms with van der Waals surface area (Å²) in [5.41, 5.74) is 0. The zero-order valence-corrected chi connectivity index (χ0v) is 8.74.